The zero-order valence-electron chi connectivity index (χ0n) is 13.7. The molecule has 0 bridgehead atoms. The molecule has 1 saturated heterocycles. The lowest BCUT2D eigenvalue weighted by Crippen LogP contribution is -2.46. The van der Waals surface area contributed by atoms with Gasteiger partial charge in [-0.2, -0.15) is 0 Å². The van der Waals surface area contributed by atoms with Crippen molar-refractivity contribution in [1.82, 2.24) is 15.5 Å². The summed E-state index contributed by atoms with van der Waals surface area (Å²) in [7, 11) is 0. The van der Waals surface area contributed by atoms with Crippen LogP contribution in [0.3, 0.4) is 0 Å². The molecule has 0 unspecified atom stereocenters. The smallest absolute Gasteiger partial charge is 0.325 e. The minimum atomic E-state index is -0.891. The number of nitrogens with one attached hydrogen (secondary N) is 2. The van der Waals surface area contributed by atoms with Crippen LogP contribution < -0.4 is 10.6 Å². The predicted molar refractivity (Wildman–Crippen MR) is 84.4 cm³/mol. The first kappa shape index (κ1) is 16.4. The summed E-state index contributed by atoms with van der Waals surface area (Å²) in [5, 5.41) is 5.30. The second-order valence-electron chi connectivity index (χ2n) is 6.66. The van der Waals surface area contributed by atoms with Crippen molar-refractivity contribution >= 4 is 17.8 Å². The van der Waals surface area contributed by atoms with E-state index >= 15 is 0 Å². The van der Waals surface area contributed by atoms with Crippen LogP contribution in [0, 0.1) is 18.7 Å². The van der Waals surface area contributed by atoms with Gasteiger partial charge in [-0.15, -0.1) is 0 Å². The molecule has 2 fully saturated rings. The largest absolute Gasteiger partial charge is 0.350 e. The van der Waals surface area contributed by atoms with E-state index in [1.165, 1.54) is 6.07 Å². The molecule has 6 nitrogen and oxygen atoms in total. The topological polar surface area (TPSA) is 78.5 Å². The van der Waals surface area contributed by atoms with E-state index in [9.17, 15) is 18.8 Å². The summed E-state index contributed by atoms with van der Waals surface area (Å²) in [5.41, 5.74) is 0.257. The normalized spacial score (nSPS) is 23.4. The van der Waals surface area contributed by atoms with Crippen LogP contribution in [0.1, 0.15) is 30.9 Å². The van der Waals surface area contributed by atoms with Crippen LogP contribution in [0.5, 0.6) is 0 Å². The molecule has 0 aromatic heterocycles. The van der Waals surface area contributed by atoms with Gasteiger partial charge in [-0.25, -0.2) is 9.18 Å². The lowest BCUT2D eigenvalue weighted by atomic mass is 9.96. The molecular weight excluding hydrogens is 313 g/mol. The number of nitrogens with zero attached hydrogens (tertiary/aromatic N) is 1. The standard InChI is InChI=1S/C17H20FN3O3/c1-10-3-4-11(7-13(10)18)8-19-14(22)9-21-15(23)17(2,12-5-6-12)20-16(21)24/h3-4,7,12H,5-6,8-9H2,1-2H3,(H,19,22)(H,20,24)/t17-/m1/s1. The van der Waals surface area contributed by atoms with Gasteiger partial charge >= 0.3 is 6.03 Å². The van der Waals surface area contributed by atoms with E-state index in [2.05, 4.69) is 10.6 Å². The van der Waals surface area contributed by atoms with E-state index in [1.807, 2.05) is 0 Å². The Morgan fingerprint density at radius 3 is 2.75 bits per heavy atom. The maximum Gasteiger partial charge on any atom is 0.325 e. The van der Waals surface area contributed by atoms with Gasteiger partial charge in [0.25, 0.3) is 5.91 Å². The van der Waals surface area contributed by atoms with E-state index < -0.39 is 17.5 Å². The van der Waals surface area contributed by atoms with Crippen LogP contribution in [-0.4, -0.2) is 34.8 Å². The summed E-state index contributed by atoms with van der Waals surface area (Å²) in [6.07, 6.45) is 1.81. The molecule has 0 radical (unpaired) electrons. The van der Waals surface area contributed by atoms with Gasteiger partial charge in [0.1, 0.15) is 17.9 Å². The third kappa shape index (κ3) is 2.98. The summed E-state index contributed by atoms with van der Waals surface area (Å²) in [6.45, 7) is 3.17. The molecule has 128 valence electrons. The van der Waals surface area contributed by atoms with Crippen molar-refractivity contribution in [2.75, 3.05) is 6.54 Å². The fraction of sp³-hybridized carbons (Fsp3) is 0.471. The van der Waals surface area contributed by atoms with E-state index in [-0.39, 0.29) is 30.7 Å². The first-order valence-electron chi connectivity index (χ1n) is 7.97. The number of benzene rings is 1. The number of hydrogen-bond donors (Lipinski definition) is 2. The molecule has 3 rings (SSSR count). The highest BCUT2D eigenvalue weighted by molar-refractivity contribution is 6.09. The Labute approximate surface area is 139 Å². The highest BCUT2D eigenvalue weighted by Crippen LogP contribution is 2.42. The molecule has 1 aromatic rings. The van der Waals surface area contributed by atoms with Crippen LogP contribution in [-0.2, 0) is 16.1 Å². The third-order valence-electron chi connectivity index (χ3n) is 4.72. The van der Waals surface area contributed by atoms with E-state index in [0.717, 1.165) is 17.7 Å². The SMILES string of the molecule is Cc1ccc(CNC(=O)CN2C(=O)N[C@](C)(C3CC3)C2=O)cc1F. The number of halogens is 1. The third-order valence-corrected chi connectivity index (χ3v) is 4.72. The fourth-order valence-corrected chi connectivity index (χ4v) is 2.94. The molecule has 1 aromatic carbocycles. The fourth-order valence-electron chi connectivity index (χ4n) is 2.94. The zero-order valence-corrected chi connectivity index (χ0v) is 13.7. The van der Waals surface area contributed by atoms with Crippen LogP contribution in [0.25, 0.3) is 0 Å². The van der Waals surface area contributed by atoms with E-state index in [0.29, 0.717) is 11.1 Å². The first-order chi connectivity index (χ1) is 11.3. The Morgan fingerprint density at radius 2 is 2.12 bits per heavy atom. The summed E-state index contributed by atoms with van der Waals surface area (Å²) in [6, 6.07) is 4.17. The van der Waals surface area contributed by atoms with Crippen LogP contribution in [0.4, 0.5) is 9.18 Å². The second kappa shape index (κ2) is 5.89. The monoisotopic (exact) mass is 333 g/mol. The van der Waals surface area contributed by atoms with Gasteiger partial charge in [0, 0.05) is 6.54 Å². The zero-order chi connectivity index (χ0) is 17.5. The first-order valence-corrected chi connectivity index (χ1v) is 7.97. The Kier molecular flexibility index (Phi) is 4.03. The number of carbonyl (C=O) groups excluding carboxylic acids is 3. The number of hydrogen-bond acceptors (Lipinski definition) is 3. The van der Waals surface area contributed by atoms with Gasteiger partial charge in [0.05, 0.1) is 0 Å². The number of amides is 4. The molecule has 7 heteroatoms. The summed E-state index contributed by atoms with van der Waals surface area (Å²) in [4.78, 5) is 37.4. The van der Waals surface area contributed by atoms with Gasteiger partial charge < -0.3 is 10.6 Å². The summed E-state index contributed by atoms with van der Waals surface area (Å²) >= 11 is 0. The van der Waals surface area contributed by atoms with Crippen molar-refractivity contribution in [3.63, 3.8) is 0 Å². The van der Waals surface area contributed by atoms with Crippen molar-refractivity contribution in [2.45, 2.75) is 38.8 Å². The minimum Gasteiger partial charge on any atom is -0.350 e. The second-order valence-corrected chi connectivity index (χ2v) is 6.66. The number of carbonyl (C=O) groups is 3. The lowest BCUT2D eigenvalue weighted by Gasteiger charge is -2.20. The van der Waals surface area contributed by atoms with Crippen molar-refractivity contribution in [3.05, 3.63) is 35.1 Å². The highest BCUT2D eigenvalue weighted by atomic mass is 19.1. The minimum absolute atomic E-state index is 0.138. The maximum absolute atomic E-state index is 13.5. The van der Waals surface area contributed by atoms with E-state index in [1.54, 1.807) is 26.0 Å². The van der Waals surface area contributed by atoms with Gasteiger partial charge in [-0.3, -0.25) is 14.5 Å². The van der Waals surface area contributed by atoms with E-state index in [4.69, 9.17) is 0 Å². The Morgan fingerprint density at radius 1 is 1.42 bits per heavy atom. The van der Waals surface area contributed by atoms with Crippen molar-refractivity contribution in [3.8, 4) is 0 Å². The molecule has 1 aliphatic heterocycles. The van der Waals surface area contributed by atoms with Crippen molar-refractivity contribution in [1.29, 1.82) is 0 Å². The maximum atomic E-state index is 13.5. The molecule has 1 saturated carbocycles. The Balaban J connectivity index is 1.57. The summed E-state index contributed by atoms with van der Waals surface area (Å²) < 4.78 is 13.5. The predicted octanol–water partition coefficient (Wildman–Crippen LogP) is 1.47. The average molecular weight is 333 g/mol. The molecule has 2 aliphatic rings. The molecule has 1 atom stereocenters. The van der Waals surface area contributed by atoms with Crippen molar-refractivity contribution in [2.24, 2.45) is 5.92 Å². The molecular formula is C17H20FN3O3. The average Bonchev–Trinajstić information content (AvgIpc) is 3.35. The van der Waals surface area contributed by atoms with Gasteiger partial charge in [-0.1, -0.05) is 12.1 Å². The molecule has 1 aliphatic carbocycles. The number of imide groups is 1. The summed E-state index contributed by atoms with van der Waals surface area (Å²) in [5.74, 6) is -1.00. The van der Waals surface area contributed by atoms with Crippen LogP contribution in [0.15, 0.2) is 18.2 Å². The molecule has 24 heavy (non-hydrogen) atoms. The Bertz CT molecular complexity index is 717. The van der Waals surface area contributed by atoms with Gasteiger partial charge in [0.15, 0.2) is 0 Å². The van der Waals surface area contributed by atoms with Gasteiger partial charge in [0.2, 0.25) is 5.91 Å². The number of aryl methyl sites for hydroxylation is 1. The quantitative estimate of drug-likeness (QED) is 0.801. The number of urea groups is 1. The van der Waals surface area contributed by atoms with Crippen LogP contribution >= 0.6 is 0 Å². The lowest BCUT2D eigenvalue weighted by molar-refractivity contribution is -0.135. The number of rotatable bonds is 5. The van der Waals surface area contributed by atoms with Crippen LogP contribution in [0.2, 0.25) is 0 Å². The van der Waals surface area contributed by atoms with Crippen molar-refractivity contribution < 1.29 is 18.8 Å². The molecule has 0 spiro atoms. The highest BCUT2D eigenvalue weighted by Gasteiger charge is 2.56. The molecule has 4 amide bonds. The molecule has 2 N–H and O–H groups in total. The van der Waals surface area contributed by atoms with Gasteiger partial charge in [-0.05, 0) is 49.8 Å². The Hall–Kier alpha value is -2.44. The molecule has 1 heterocycles.